The molecule has 134 valence electrons. The van der Waals surface area contributed by atoms with Crippen molar-refractivity contribution in [1.82, 2.24) is 10.0 Å². The fourth-order valence-electron chi connectivity index (χ4n) is 2.82. The van der Waals surface area contributed by atoms with E-state index < -0.39 is 10.0 Å². The first-order valence-corrected chi connectivity index (χ1v) is 9.36. The van der Waals surface area contributed by atoms with Crippen LogP contribution in [-0.4, -0.2) is 53.7 Å². The molecule has 0 aromatic heterocycles. The molecule has 24 heavy (non-hydrogen) atoms. The van der Waals surface area contributed by atoms with Crippen LogP contribution in [0.25, 0.3) is 0 Å². The van der Waals surface area contributed by atoms with Crippen molar-refractivity contribution in [2.24, 2.45) is 0 Å². The minimum absolute atomic E-state index is 0.113. The van der Waals surface area contributed by atoms with Gasteiger partial charge in [0, 0.05) is 33.3 Å². The summed E-state index contributed by atoms with van der Waals surface area (Å²) in [6, 6.07) is 6.24. The maximum absolute atomic E-state index is 12.5. The van der Waals surface area contributed by atoms with Crippen molar-refractivity contribution in [2.75, 3.05) is 38.8 Å². The van der Waals surface area contributed by atoms with Crippen LogP contribution in [0.3, 0.4) is 0 Å². The highest BCUT2D eigenvalue weighted by molar-refractivity contribution is 7.89. The number of hydrogen-bond donors (Lipinski definition) is 2. The van der Waals surface area contributed by atoms with Crippen molar-refractivity contribution in [3.8, 4) is 0 Å². The molecule has 1 unspecified atom stereocenters. The number of carbonyl (C=O) groups is 1. The maximum atomic E-state index is 12.5. The number of carbonyl (C=O) groups excluding carboxylic acids is 1. The number of nitrogens with one attached hydrogen (secondary N) is 2. The second kappa shape index (κ2) is 7.60. The van der Waals surface area contributed by atoms with Gasteiger partial charge in [-0.25, -0.2) is 13.1 Å². The smallest absolute Gasteiger partial charge is 0.240 e. The van der Waals surface area contributed by atoms with Crippen LogP contribution < -0.4 is 14.9 Å². The number of methoxy groups -OCH3 is 1. The monoisotopic (exact) mass is 355 g/mol. The molecular weight excluding hydrogens is 330 g/mol. The lowest BCUT2D eigenvalue weighted by Gasteiger charge is -2.28. The van der Waals surface area contributed by atoms with Gasteiger partial charge in [-0.15, -0.1) is 0 Å². The van der Waals surface area contributed by atoms with E-state index in [0.717, 1.165) is 19.4 Å². The lowest BCUT2D eigenvalue weighted by atomic mass is 9.99. The summed E-state index contributed by atoms with van der Waals surface area (Å²) in [6.07, 6.45) is 1.86. The Morgan fingerprint density at radius 1 is 1.38 bits per heavy atom. The Morgan fingerprint density at radius 3 is 2.54 bits per heavy atom. The van der Waals surface area contributed by atoms with Gasteiger partial charge in [-0.05, 0) is 43.7 Å². The van der Waals surface area contributed by atoms with E-state index in [2.05, 4.69) is 10.0 Å². The lowest BCUT2D eigenvalue weighted by Crippen LogP contribution is -2.52. The lowest BCUT2D eigenvalue weighted by molar-refractivity contribution is -0.116. The highest BCUT2D eigenvalue weighted by atomic mass is 32.2. The third-order valence-corrected chi connectivity index (χ3v) is 5.78. The van der Waals surface area contributed by atoms with Crippen LogP contribution in [0, 0.1) is 0 Å². The molecule has 0 saturated carbocycles. The van der Waals surface area contributed by atoms with Crippen molar-refractivity contribution < 1.29 is 17.9 Å². The number of nitrogens with zero attached hydrogens (tertiary/aromatic N) is 1. The first-order chi connectivity index (χ1) is 11.3. The normalized spacial score (nSPS) is 21.0. The van der Waals surface area contributed by atoms with Gasteiger partial charge in [-0.1, -0.05) is 0 Å². The third kappa shape index (κ3) is 4.32. The quantitative estimate of drug-likeness (QED) is 0.752. The Balaban J connectivity index is 2.08. The first-order valence-electron chi connectivity index (χ1n) is 7.88. The van der Waals surface area contributed by atoms with Gasteiger partial charge < -0.3 is 15.0 Å². The molecular formula is C16H25N3O4S. The Bertz CT molecular complexity index is 667. The SMILES string of the molecule is COCC1(CNS(=O)(=O)c2ccc(N(C)C(C)=O)cc2)CCCN1. The number of hydrogen-bond acceptors (Lipinski definition) is 5. The van der Waals surface area contributed by atoms with Crippen molar-refractivity contribution in [3.63, 3.8) is 0 Å². The molecule has 1 heterocycles. The topological polar surface area (TPSA) is 87.7 Å². The summed E-state index contributed by atoms with van der Waals surface area (Å²) in [7, 11) is -0.361. The van der Waals surface area contributed by atoms with E-state index in [4.69, 9.17) is 4.74 Å². The molecule has 0 aliphatic carbocycles. The Morgan fingerprint density at radius 2 is 2.04 bits per heavy atom. The first kappa shape index (κ1) is 18.9. The van der Waals surface area contributed by atoms with Crippen molar-refractivity contribution in [3.05, 3.63) is 24.3 Å². The second-order valence-electron chi connectivity index (χ2n) is 6.14. The molecule has 2 rings (SSSR count). The summed E-state index contributed by atoms with van der Waals surface area (Å²) < 4.78 is 32.9. The summed E-state index contributed by atoms with van der Waals surface area (Å²) in [6.45, 7) is 3.05. The van der Waals surface area contributed by atoms with Gasteiger partial charge in [-0.3, -0.25) is 4.79 Å². The zero-order valence-electron chi connectivity index (χ0n) is 14.3. The van der Waals surface area contributed by atoms with Gasteiger partial charge in [0.2, 0.25) is 15.9 Å². The Labute approximate surface area is 143 Å². The molecule has 1 aromatic carbocycles. The Kier molecular flexibility index (Phi) is 5.97. The van der Waals surface area contributed by atoms with Gasteiger partial charge in [-0.2, -0.15) is 0 Å². The van der Waals surface area contributed by atoms with Crippen LogP contribution in [0.2, 0.25) is 0 Å². The highest BCUT2D eigenvalue weighted by Gasteiger charge is 2.34. The zero-order valence-corrected chi connectivity index (χ0v) is 15.1. The van der Waals surface area contributed by atoms with Crippen molar-refractivity contribution in [2.45, 2.75) is 30.2 Å². The molecule has 0 radical (unpaired) electrons. The molecule has 1 aromatic rings. The molecule has 1 aliphatic rings. The van der Waals surface area contributed by atoms with E-state index in [-0.39, 0.29) is 22.9 Å². The molecule has 2 N–H and O–H groups in total. The largest absolute Gasteiger partial charge is 0.383 e. The number of sulfonamides is 1. The molecule has 8 heteroatoms. The standard InChI is InChI=1S/C16H25N3O4S/c1-13(20)19(2)14-5-7-15(8-6-14)24(21,22)18-11-16(12-23-3)9-4-10-17-16/h5-8,17-18H,4,9-12H2,1-3H3. The fraction of sp³-hybridized carbons (Fsp3) is 0.562. The van der Waals surface area contributed by atoms with Gasteiger partial charge >= 0.3 is 0 Å². The van der Waals surface area contributed by atoms with E-state index in [0.29, 0.717) is 12.3 Å². The Hall–Kier alpha value is -1.48. The maximum Gasteiger partial charge on any atom is 0.240 e. The summed E-state index contributed by atoms with van der Waals surface area (Å²) in [4.78, 5) is 13.0. The average Bonchev–Trinajstić information content (AvgIpc) is 3.02. The highest BCUT2D eigenvalue weighted by Crippen LogP contribution is 2.21. The molecule has 0 spiro atoms. The van der Waals surface area contributed by atoms with E-state index >= 15 is 0 Å². The number of benzene rings is 1. The van der Waals surface area contributed by atoms with E-state index in [1.54, 1.807) is 26.3 Å². The van der Waals surface area contributed by atoms with Gasteiger partial charge in [0.25, 0.3) is 0 Å². The molecule has 1 fully saturated rings. The third-order valence-electron chi connectivity index (χ3n) is 4.36. The summed E-state index contributed by atoms with van der Waals surface area (Å²) in [5.74, 6) is -0.113. The van der Waals surface area contributed by atoms with E-state index in [1.807, 2.05) is 0 Å². The number of ether oxygens (including phenoxy) is 1. The van der Waals surface area contributed by atoms with E-state index in [9.17, 15) is 13.2 Å². The average molecular weight is 355 g/mol. The predicted molar refractivity (Wildman–Crippen MR) is 92.6 cm³/mol. The van der Waals surface area contributed by atoms with Crippen LogP contribution in [0.15, 0.2) is 29.2 Å². The van der Waals surface area contributed by atoms with Crippen molar-refractivity contribution >= 4 is 21.6 Å². The van der Waals surface area contributed by atoms with Crippen LogP contribution >= 0.6 is 0 Å². The van der Waals surface area contributed by atoms with Crippen molar-refractivity contribution in [1.29, 1.82) is 0 Å². The molecule has 1 amide bonds. The molecule has 7 nitrogen and oxygen atoms in total. The summed E-state index contributed by atoms with van der Waals surface area (Å²) >= 11 is 0. The predicted octanol–water partition coefficient (Wildman–Crippen LogP) is 0.716. The molecule has 1 atom stereocenters. The molecule has 1 saturated heterocycles. The van der Waals surface area contributed by atoms with Crippen LogP contribution in [-0.2, 0) is 19.6 Å². The van der Waals surface area contributed by atoms with Crippen LogP contribution in [0.4, 0.5) is 5.69 Å². The number of rotatable bonds is 7. The molecule has 0 bridgehead atoms. The van der Waals surface area contributed by atoms with Crippen LogP contribution in [0.1, 0.15) is 19.8 Å². The number of anilines is 1. The van der Waals surface area contributed by atoms with E-state index in [1.165, 1.54) is 24.0 Å². The minimum atomic E-state index is -3.62. The van der Waals surface area contributed by atoms with Gasteiger partial charge in [0.1, 0.15) is 0 Å². The number of amides is 1. The second-order valence-corrected chi connectivity index (χ2v) is 7.91. The van der Waals surface area contributed by atoms with Crippen LogP contribution in [0.5, 0.6) is 0 Å². The minimum Gasteiger partial charge on any atom is -0.383 e. The molecule has 1 aliphatic heterocycles. The van der Waals surface area contributed by atoms with Gasteiger partial charge in [0.15, 0.2) is 0 Å². The zero-order chi connectivity index (χ0) is 17.8. The van der Waals surface area contributed by atoms with Gasteiger partial charge in [0.05, 0.1) is 17.0 Å². The summed E-state index contributed by atoms with van der Waals surface area (Å²) in [5.41, 5.74) is 0.297. The fourth-order valence-corrected chi connectivity index (χ4v) is 3.94. The summed E-state index contributed by atoms with van der Waals surface area (Å²) in [5, 5.41) is 3.34.